The molecule has 2 aromatic carbocycles. The topological polar surface area (TPSA) is 29.1 Å². The van der Waals surface area contributed by atoms with Crippen LogP contribution in [0, 0.1) is 12.8 Å². The molecule has 0 aliphatic heterocycles. The van der Waals surface area contributed by atoms with Crippen LogP contribution in [0.5, 0.6) is 0 Å². The summed E-state index contributed by atoms with van der Waals surface area (Å²) in [5.74, 6) is 0.225. The fourth-order valence-electron chi connectivity index (χ4n) is 2.81. The molecule has 0 fully saturated rings. The Kier molecular flexibility index (Phi) is 4.11. The van der Waals surface area contributed by atoms with Crippen LogP contribution in [0.1, 0.15) is 22.3 Å². The molecule has 2 nitrogen and oxygen atoms in total. The summed E-state index contributed by atoms with van der Waals surface area (Å²) in [6.07, 6.45) is 1.69. The number of nitrogens with one attached hydrogen (secondary N) is 1. The van der Waals surface area contributed by atoms with Gasteiger partial charge in [-0.25, -0.2) is 0 Å². The predicted octanol–water partition coefficient (Wildman–Crippen LogP) is 3.79. The average molecular weight is 344 g/mol. The van der Waals surface area contributed by atoms with Crippen molar-refractivity contribution in [2.45, 2.75) is 26.3 Å². The van der Waals surface area contributed by atoms with E-state index in [1.165, 1.54) is 16.7 Å². The zero-order chi connectivity index (χ0) is 14.8. The molecule has 0 spiro atoms. The van der Waals surface area contributed by atoms with Crippen molar-refractivity contribution in [3.05, 3.63) is 69.2 Å². The van der Waals surface area contributed by atoms with E-state index in [0.29, 0.717) is 6.54 Å². The number of hydrogen-bond donors (Lipinski definition) is 1. The van der Waals surface area contributed by atoms with Crippen molar-refractivity contribution in [1.29, 1.82) is 0 Å². The van der Waals surface area contributed by atoms with Crippen LogP contribution in [-0.4, -0.2) is 5.91 Å². The third-order valence-electron chi connectivity index (χ3n) is 4.06. The van der Waals surface area contributed by atoms with Crippen molar-refractivity contribution in [3.8, 4) is 0 Å². The first-order valence-electron chi connectivity index (χ1n) is 7.22. The van der Waals surface area contributed by atoms with Crippen LogP contribution in [0.4, 0.5) is 0 Å². The van der Waals surface area contributed by atoms with Crippen molar-refractivity contribution in [3.63, 3.8) is 0 Å². The molecule has 3 rings (SSSR count). The monoisotopic (exact) mass is 343 g/mol. The molecule has 0 radical (unpaired) electrons. The van der Waals surface area contributed by atoms with Crippen LogP contribution in [0.3, 0.4) is 0 Å². The first kappa shape index (κ1) is 14.3. The SMILES string of the molecule is Cc1ccc(CNC(=O)C2Cc3ccc(Br)cc3C2)cc1. The van der Waals surface area contributed by atoms with Crippen molar-refractivity contribution < 1.29 is 4.79 Å². The number of rotatable bonds is 3. The number of amides is 1. The highest BCUT2D eigenvalue weighted by atomic mass is 79.9. The summed E-state index contributed by atoms with van der Waals surface area (Å²) in [6.45, 7) is 2.67. The predicted molar refractivity (Wildman–Crippen MR) is 88.1 cm³/mol. The van der Waals surface area contributed by atoms with Crippen LogP contribution in [0.2, 0.25) is 0 Å². The largest absolute Gasteiger partial charge is 0.352 e. The summed E-state index contributed by atoms with van der Waals surface area (Å²) in [4.78, 5) is 12.3. The van der Waals surface area contributed by atoms with E-state index in [1.54, 1.807) is 0 Å². The maximum atomic E-state index is 12.3. The van der Waals surface area contributed by atoms with Gasteiger partial charge in [0, 0.05) is 16.9 Å². The summed E-state index contributed by atoms with van der Waals surface area (Å²) in [6, 6.07) is 14.6. The van der Waals surface area contributed by atoms with Crippen molar-refractivity contribution in [2.24, 2.45) is 5.92 Å². The zero-order valence-corrected chi connectivity index (χ0v) is 13.6. The lowest BCUT2D eigenvalue weighted by Gasteiger charge is -2.10. The Labute approximate surface area is 133 Å². The van der Waals surface area contributed by atoms with Crippen molar-refractivity contribution in [1.82, 2.24) is 5.32 Å². The molecule has 3 heteroatoms. The van der Waals surface area contributed by atoms with Crippen molar-refractivity contribution in [2.75, 3.05) is 0 Å². The summed E-state index contributed by atoms with van der Waals surface area (Å²) in [5.41, 5.74) is 4.97. The fourth-order valence-corrected chi connectivity index (χ4v) is 3.22. The van der Waals surface area contributed by atoms with Gasteiger partial charge in [0.2, 0.25) is 5.91 Å². The van der Waals surface area contributed by atoms with E-state index in [2.05, 4.69) is 64.6 Å². The summed E-state index contributed by atoms with van der Waals surface area (Å²) in [5, 5.41) is 3.06. The van der Waals surface area contributed by atoms with Crippen molar-refractivity contribution >= 4 is 21.8 Å². The van der Waals surface area contributed by atoms with Gasteiger partial charge in [0.25, 0.3) is 0 Å². The zero-order valence-electron chi connectivity index (χ0n) is 12.0. The first-order chi connectivity index (χ1) is 10.1. The smallest absolute Gasteiger partial charge is 0.224 e. The van der Waals surface area contributed by atoms with E-state index in [4.69, 9.17) is 0 Å². The molecule has 0 heterocycles. The lowest BCUT2D eigenvalue weighted by molar-refractivity contribution is -0.124. The second-order valence-corrected chi connectivity index (χ2v) is 6.64. The Morgan fingerprint density at radius 1 is 1.14 bits per heavy atom. The molecule has 1 unspecified atom stereocenters. The quantitative estimate of drug-likeness (QED) is 0.902. The maximum absolute atomic E-state index is 12.3. The number of hydrogen-bond acceptors (Lipinski definition) is 1. The highest BCUT2D eigenvalue weighted by molar-refractivity contribution is 9.10. The molecule has 0 saturated heterocycles. The minimum atomic E-state index is 0.0692. The number of halogens is 1. The lowest BCUT2D eigenvalue weighted by Crippen LogP contribution is -2.30. The van der Waals surface area contributed by atoms with E-state index >= 15 is 0 Å². The molecule has 1 aliphatic rings. The Bertz CT molecular complexity index is 663. The highest BCUT2D eigenvalue weighted by Gasteiger charge is 2.27. The van der Waals surface area contributed by atoms with E-state index < -0.39 is 0 Å². The molecule has 1 aliphatic carbocycles. The highest BCUT2D eigenvalue weighted by Crippen LogP contribution is 2.29. The summed E-state index contributed by atoms with van der Waals surface area (Å²) in [7, 11) is 0. The normalized spacial score (nSPS) is 16.6. The van der Waals surface area contributed by atoms with E-state index in [0.717, 1.165) is 22.9 Å². The van der Waals surface area contributed by atoms with Gasteiger partial charge in [-0.1, -0.05) is 51.8 Å². The van der Waals surface area contributed by atoms with Gasteiger partial charge in [-0.05, 0) is 48.6 Å². The van der Waals surface area contributed by atoms with Gasteiger partial charge >= 0.3 is 0 Å². The van der Waals surface area contributed by atoms with Gasteiger partial charge in [0.05, 0.1) is 0 Å². The molecular formula is C18H18BrNO. The van der Waals surface area contributed by atoms with Gasteiger partial charge in [0.15, 0.2) is 0 Å². The summed E-state index contributed by atoms with van der Waals surface area (Å²) >= 11 is 3.49. The molecule has 0 aromatic heterocycles. The van der Waals surface area contributed by atoms with Gasteiger partial charge in [-0.3, -0.25) is 4.79 Å². The van der Waals surface area contributed by atoms with Crippen LogP contribution in [-0.2, 0) is 24.2 Å². The average Bonchev–Trinajstić information content (AvgIpc) is 2.89. The van der Waals surface area contributed by atoms with Gasteiger partial charge < -0.3 is 5.32 Å². The van der Waals surface area contributed by atoms with E-state index in [1.807, 2.05) is 6.07 Å². The summed E-state index contributed by atoms with van der Waals surface area (Å²) < 4.78 is 1.09. The molecule has 1 amide bonds. The molecule has 108 valence electrons. The molecule has 2 aromatic rings. The third-order valence-corrected chi connectivity index (χ3v) is 4.55. The molecule has 1 N–H and O–H groups in total. The number of fused-ring (bicyclic) bond motifs is 1. The first-order valence-corrected chi connectivity index (χ1v) is 8.01. The minimum absolute atomic E-state index is 0.0692. The Morgan fingerprint density at radius 3 is 2.62 bits per heavy atom. The number of aryl methyl sites for hydroxylation is 1. The maximum Gasteiger partial charge on any atom is 0.224 e. The molecule has 0 saturated carbocycles. The standard InChI is InChI=1S/C18H18BrNO/c1-12-2-4-13(5-3-12)11-20-18(21)16-8-14-6-7-17(19)10-15(14)9-16/h2-7,10,16H,8-9,11H2,1H3,(H,20,21). The number of benzene rings is 2. The second kappa shape index (κ2) is 6.02. The Morgan fingerprint density at radius 2 is 1.86 bits per heavy atom. The minimum Gasteiger partial charge on any atom is -0.352 e. The molecule has 1 atom stereocenters. The number of carbonyl (C=O) groups excluding carboxylic acids is 1. The fraction of sp³-hybridized carbons (Fsp3) is 0.278. The van der Waals surface area contributed by atoms with E-state index in [9.17, 15) is 4.79 Å². The van der Waals surface area contributed by atoms with Crippen LogP contribution < -0.4 is 5.32 Å². The molecular weight excluding hydrogens is 326 g/mol. The van der Waals surface area contributed by atoms with Gasteiger partial charge in [-0.15, -0.1) is 0 Å². The Balaban J connectivity index is 1.59. The molecule has 0 bridgehead atoms. The lowest BCUT2D eigenvalue weighted by atomic mass is 10.1. The van der Waals surface area contributed by atoms with Crippen LogP contribution in [0.25, 0.3) is 0 Å². The van der Waals surface area contributed by atoms with Gasteiger partial charge in [0.1, 0.15) is 0 Å². The second-order valence-electron chi connectivity index (χ2n) is 5.72. The van der Waals surface area contributed by atoms with Crippen LogP contribution >= 0.6 is 15.9 Å². The Hall–Kier alpha value is -1.61. The third kappa shape index (κ3) is 3.35. The van der Waals surface area contributed by atoms with E-state index in [-0.39, 0.29) is 11.8 Å². The van der Waals surface area contributed by atoms with Crippen LogP contribution in [0.15, 0.2) is 46.9 Å². The molecule has 21 heavy (non-hydrogen) atoms. The van der Waals surface area contributed by atoms with Gasteiger partial charge in [-0.2, -0.15) is 0 Å². The number of carbonyl (C=O) groups is 1.